The van der Waals surface area contributed by atoms with Gasteiger partial charge < -0.3 is 4.90 Å². The summed E-state index contributed by atoms with van der Waals surface area (Å²) >= 11 is 3.17. The molecule has 1 aliphatic rings. The molecule has 1 amide bonds. The maximum atomic E-state index is 13.7. The molecule has 1 fully saturated rings. The normalized spacial score (nSPS) is 18.4. The lowest BCUT2D eigenvalue weighted by atomic mass is 10.3. The molecular formula is C12H14BrFN2O2S. The van der Waals surface area contributed by atoms with Gasteiger partial charge in [0.1, 0.15) is 16.8 Å². The van der Waals surface area contributed by atoms with Gasteiger partial charge in [-0.15, -0.1) is 0 Å². The third kappa shape index (κ3) is 3.40. The van der Waals surface area contributed by atoms with Gasteiger partial charge in [0.25, 0.3) is 0 Å². The smallest absolute Gasteiger partial charge is 0.219 e. The Balaban J connectivity index is 2.07. The molecule has 0 aliphatic carbocycles. The lowest BCUT2D eigenvalue weighted by Gasteiger charge is -2.33. The van der Waals surface area contributed by atoms with Crippen LogP contribution in [0.4, 0.5) is 4.39 Å². The summed E-state index contributed by atoms with van der Waals surface area (Å²) in [6, 6.07) is 4.49. The molecule has 0 saturated carbocycles. The van der Waals surface area contributed by atoms with Crippen molar-refractivity contribution >= 4 is 32.8 Å². The van der Waals surface area contributed by atoms with Crippen LogP contribution in [0.5, 0.6) is 0 Å². The third-order valence-corrected chi connectivity index (χ3v) is 5.04. The maximum absolute atomic E-state index is 13.7. The average Bonchev–Trinajstić information content (AvgIpc) is 2.38. The van der Waals surface area contributed by atoms with Gasteiger partial charge in [-0.1, -0.05) is 15.9 Å². The number of piperazine rings is 1. The Morgan fingerprint density at radius 1 is 1.32 bits per heavy atom. The number of nitrogens with zero attached hydrogens (tertiary/aromatic N) is 2. The molecule has 4 nitrogen and oxygen atoms in total. The second kappa shape index (κ2) is 6.11. The van der Waals surface area contributed by atoms with Crippen LogP contribution in [-0.2, 0) is 15.8 Å². The summed E-state index contributed by atoms with van der Waals surface area (Å²) in [6.07, 6.45) is 0. The largest absolute Gasteiger partial charge is 0.340 e. The van der Waals surface area contributed by atoms with Crippen molar-refractivity contribution in [3.63, 3.8) is 0 Å². The Morgan fingerprint density at radius 3 is 2.47 bits per heavy atom. The van der Waals surface area contributed by atoms with E-state index in [9.17, 15) is 13.4 Å². The zero-order valence-electron chi connectivity index (χ0n) is 10.4. The van der Waals surface area contributed by atoms with E-state index in [4.69, 9.17) is 0 Å². The van der Waals surface area contributed by atoms with E-state index in [2.05, 4.69) is 15.9 Å². The van der Waals surface area contributed by atoms with Gasteiger partial charge in [-0.2, -0.15) is 0 Å². The number of halogens is 2. The van der Waals surface area contributed by atoms with Gasteiger partial charge in [0.05, 0.1) is 4.90 Å². The van der Waals surface area contributed by atoms with E-state index in [0.717, 1.165) is 0 Å². The average molecular weight is 349 g/mol. The fourth-order valence-electron chi connectivity index (χ4n) is 1.92. The SMILES string of the molecule is CC(=O)N1CCN(S(=O)c2ccc(Br)cc2F)CC1. The minimum atomic E-state index is -1.52. The third-order valence-electron chi connectivity index (χ3n) is 3.00. The first kappa shape index (κ1) is 14.6. The monoisotopic (exact) mass is 348 g/mol. The molecule has 104 valence electrons. The van der Waals surface area contributed by atoms with E-state index in [1.54, 1.807) is 15.3 Å². The topological polar surface area (TPSA) is 40.6 Å². The predicted molar refractivity (Wildman–Crippen MR) is 74.3 cm³/mol. The molecular weight excluding hydrogens is 335 g/mol. The highest BCUT2D eigenvalue weighted by molar-refractivity contribution is 9.10. The molecule has 0 spiro atoms. The molecule has 7 heteroatoms. The molecule has 1 unspecified atom stereocenters. The second-order valence-corrected chi connectivity index (χ2v) is 6.63. The highest BCUT2D eigenvalue weighted by Crippen LogP contribution is 2.20. The number of carbonyl (C=O) groups excluding carboxylic acids is 1. The van der Waals surface area contributed by atoms with Crippen LogP contribution in [0, 0.1) is 5.82 Å². The van der Waals surface area contributed by atoms with Crippen molar-refractivity contribution in [2.75, 3.05) is 26.2 Å². The number of rotatable bonds is 2. The van der Waals surface area contributed by atoms with E-state index < -0.39 is 16.8 Å². The summed E-state index contributed by atoms with van der Waals surface area (Å²) in [7, 11) is -1.52. The minimum Gasteiger partial charge on any atom is -0.340 e. The molecule has 2 rings (SSSR count). The quantitative estimate of drug-likeness (QED) is 0.817. The van der Waals surface area contributed by atoms with Gasteiger partial charge in [-0.05, 0) is 18.2 Å². The fraction of sp³-hybridized carbons (Fsp3) is 0.417. The first-order valence-corrected chi connectivity index (χ1v) is 7.76. The standard InChI is InChI=1S/C12H14BrFN2O2S/c1-9(17)15-4-6-16(7-5-15)19(18)12-3-2-10(13)8-11(12)14/h2-3,8H,4-7H2,1H3. The van der Waals surface area contributed by atoms with Crippen LogP contribution in [0.25, 0.3) is 0 Å². The zero-order chi connectivity index (χ0) is 14.0. The number of amides is 1. The van der Waals surface area contributed by atoms with Crippen molar-refractivity contribution in [1.29, 1.82) is 0 Å². The van der Waals surface area contributed by atoms with Gasteiger partial charge in [-0.25, -0.2) is 12.9 Å². The first-order valence-electron chi connectivity index (χ1n) is 5.86. The molecule has 1 heterocycles. The number of hydrogen-bond donors (Lipinski definition) is 0. The summed E-state index contributed by atoms with van der Waals surface area (Å²) in [5.41, 5.74) is 0. The Bertz CT molecular complexity index is 518. The van der Waals surface area contributed by atoms with Crippen LogP contribution in [0.15, 0.2) is 27.6 Å². The van der Waals surface area contributed by atoms with E-state index in [1.165, 1.54) is 19.1 Å². The molecule has 0 radical (unpaired) electrons. The minimum absolute atomic E-state index is 0.0141. The maximum Gasteiger partial charge on any atom is 0.219 e. The van der Waals surface area contributed by atoms with Crippen molar-refractivity contribution in [2.45, 2.75) is 11.8 Å². The van der Waals surface area contributed by atoms with Gasteiger partial charge in [0, 0.05) is 37.6 Å². The van der Waals surface area contributed by atoms with Crippen LogP contribution < -0.4 is 0 Å². The molecule has 0 N–H and O–H groups in total. The molecule has 1 saturated heterocycles. The Kier molecular flexibility index (Phi) is 4.70. The van der Waals surface area contributed by atoms with Crippen LogP contribution in [0.3, 0.4) is 0 Å². The second-order valence-electron chi connectivity index (χ2n) is 4.26. The molecule has 1 aromatic carbocycles. The molecule has 19 heavy (non-hydrogen) atoms. The van der Waals surface area contributed by atoms with Crippen LogP contribution >= 0.6 is 15.9 Å². The summed E-state index contributed by atoms with van der Waals surface area (Å²) < 4.78 is 28.3. The molecule has 1 aromatic rings. The lowest BCUT2D eigenvalue weighted by molar-refractivity contribution is -0.129. The summed E-state index contributed by atoms with van der Waals surface area (Å²) in [5, 5.41) is 0. The van der Waals surface area contributed by atoms with Crippen LogP contribution in [0.2, 0.25) is 0 Å². The van der Waals surface area contributed by atoms with E-state index in [0.29, 0.717) is 30.7 Å². The van der Waals surface area contributed by atoms with Crippen LogP contribution in [0.1, 0.15) is 6.92 Å². The van der Waals surface area contributed by atoms with Gasteiger partial charge >= 0.3 is 0 Å². The Labute approximate surface area is 122 Å². The number of benzene rings is 1. The van der Waals surface area contributed by atoms with E-state index in [-0.39, 0.29) is 10.8 Å². The molecule has 1 atom stereocenters. The zero-order valence-corrected chi connectivity index (χ0v) is 12.8. The van der Waals surface area contributed by atoms with E-state index >= 15 is 0 Å². The first-order chi connectivity index (χ1) is 8.99. The van der Waals surface area contributed by atoms with Crippen molar-refractivity contribution in [1.82, 2.24) is 9.21 Å². The lowest BCUT2D eigenvalue weighted by Crippen LogP contribution is -2.48. The van der Waals surface area contributed by atoms with Crippen molar-refractivity contribution in [3.8, 4) is 0 Å². The molecule has 0 aromatic heterocycles. The summed E-state index contributed by atoms with van der Waals surface area (Å²) in [6.45, 7) is 3.54. The Morgan fingerprint density at radius 2 is 1.95 bits per heavy atom. The summed E-state index contributed by atoms with van der Waals surface area (Å²) in [5.74, 6) is -0.470. The fourth-order valence-corrected chi connectivity index (χ4v) is 3.44. The van der Waals surface area contributed by atoms with E-state index in [1.807, 2.05) is 0 Å². The van der Waals surface area contributed by atoms with Crippen LogP contribution in [-0.4, -0.2) is 45.5 Å². The number of hydrogen-bond acceptors (Lipinski definition) is 2. The molecule has 0 bridgehead atoms. The van der Waals surface area contributed by atoms with Gasteiger partial charge in [0.15, 0.2) is 0 Å². The van der Waals surface area contributed by atoms with Gasteiger partial charge in [-0.3, -0.25) is 4.79 Å². The van der Waals surface area contributed by atoms with Gasteiger partial charge in [0.2, 0.25) is 5.91 Å². The highest BCUT2D eigenvalue weighted by Gasteiger charge is 2.24. The summed E-state index contributed by atoms with van der Waals surface area (Å²) in [4.78, 5) is 13.1. The van der Waals surface area contributed by atoms with Crippen molar-refractivity contribution in [2.24, 2.45) is 0 Å². The number of carbonyl (C=O) groups is 1. The Hall–Kier alpha value is -0.790. The van der Waals surface area contributed by atoms with Crippen molar-refractivity contribution in [3.05, 3.63) is 28.5 Å². The molecule has 1 aliphatic heterocycles. The highest BCUT2D eigenvalue weighted by atomic mass is 79.9. The predicted octanol–water partition coefficient (Wildman–Crippen LogP) is 1.77. The van der Waals surface area contributed by atoms with Crippen molar-refractivity contribution < 1.29 is 13.4 Å².